The monoisotopic (exact) mass is 353 g/mol. The van der Waals surface area contributed by atoms with Crippen molar-refractivity contribution in [3.05, 3.63) is 46.6 Å². The molecule has 0 spiro atoms. The van der Waals surface area contributed by atoms with Gasteiger partial charge in [-0.3, -0.25) is 9.78 Å². The van der Waals surface area contributed by atoms with E-state index in [4.69, 9.17) is 0 Å². The molecule has 4 rings (SSSR count). The number of thioether (sulfide) groups is 1. The molecular weight excluding hydrogens is 330 g/mol. The molecule has 130 valence electrons. The lowest BCUT2D eigenvalue weighted by Gasteiger charge is -2.12. The third kappa shape index (κ3) is 3.01. The van der Waals surface area contributed by atoms with Gasteiger partial charge in [-0.15, -0.1) is 11.8 Å². The first-order valence-corrected chi connectivity index (χ1v) is 10.00. The van der Waals surface area contributed by atoms with E-state index in [1.807, 2.05) is 38.6 Å². The second-order valence-corrected chi connectivity index (χ2v) is 7.86. The molecule has 4 nitrogen and oxygen atoms in total. The molecule has 0 aromatic carbocycles. The summed E-state index contributed by atoms with van der Waals surface area (Å²) in [6.45, 7) is 2.89. The van der Waals surface area contributed by atoms with E-state index >= 15 is 0 Å². The van der Waals surface area contributed by atoms with Crippen LogP contribution in [0.4, 0.5) is 0 Å². The number of hydrogen-bond donors (Lipinski definition) is 0. The Labute approximate surface area is 151 Å². The van der Waals surface area contributed by atoms with E-state index in [0.717, 1.165) is 23.6 Å². The van der Waals surface area contributed by atoms with Gasteiger partial charge in [-0.1, -0.05) is 12.8 Å². The number of rotatable bonds is 5. The fourth-order valence-corrected chi connectivity index (χ4v) is 4.07. The minimum atomic E-state index is 0.0656. The molecule has 5 heteroatoms. The topological polar surface area (TPSA) is 39.8 Å². The number of nitrogens with zero attached hydrogens (tertiary/aromatic N) is 3. The second kappa shape index (κ2) is 6.37. The van der Waals surface area contributed by atoms with Gasteiger partial charge in [0.25, 0.3) is 5.56 Å². The summed E-state index contributed by atoms with van der Waals surface area (Å²) in [5, 5.41) is 1.25. The van der Waals surface area contributed by atoms with Crippen LogP contribution in [0.15, 0.2) is 40.4 Å². The Morgan fingerprint density at radius 2 is 2.08 bits per heavy atom. The number of hydrogen-bond acceptors (Lipinski definition) is 3. The zero-order valence-electron chi connectivity index (χ0n) is 15.0. The summed E-state index contributed by atoms with van der Waals surface area (Å²) in [5.41, 5.74) is 4.31. The van der Waals surface area contributed by atoms with Crippen LogP contribution in [0.25, 0.3) is 22.2 Å². The fraction of sp³-hybridized carbons (Fsp3) is 0.400. The van der Waals surface area contributed by atoms with Crippen molar-refractivity contribution in [1.82, 2.24) is 14.1 Å². The van der Waals surface area contributed by atoms with Gasteiger partial charge in [0.2, 0.25) is 0 Å². The van der Waals surface area contributed by atoms with Gasteiger partial charge in [0.1, 0.15) is 0 Å². The van der Waals surface area contributed by atoms with Gasteiger partial charge in [-0.25, -0.2) is 0 Å². The Morgan fingerprint density at radius 3 is 2.76 bits per heavy atom. The quantitative estimate of drug-likeness (QED) is 0.644. The molecule has 1 saturated carbocycles. The summed E-state index contributed by atoms with van der Waals surface area (Å²) in [5.74, 6) is 0.879. The van der Waals surface area contributed by atoms with Gasteiger partial charge < -0.3 is 9.13 Å². The summed E-state index contributed by atoms with van der Waals surface area (Å²) < 4.78 is 4.07. The van der Waals surface area contributed by atoms with Crippen LogP contribution in [0.5, 0.6) is 0 Å². The molecule has 25 heavy (non-hydrogen) atoms. The molecular formula is C20H23N3OS. The van der Waals surface area contributed by atoms with E-state index in [1.54, 1.807) is 16.3 Å². The van der Waals surface area contributed by atoms with Crippen LogP contribution in [0.3, 0.4) is 0 Å². The largest absolute Gasteiger partial charge is 0.339 e. The van der Waals surface area contributed by atoms with Gasteiger partial charge in [-0.2, -0.15) is 0 Å². The van der Waals surface area contributed by atoms with Crippen LogP contribution in [0.2, 0.25) is 0 Å². The van der Waals surface area contributed by atoms with Crippen molar-refractivity contribution in [3.63, 3.8) is 0 Å². The van der Waals surface area contributed by atoms with Gasteiger partial charge >= 0.3 is 0 Å². The summed E-state index contributed by atoms with van der Waals surface area (Å²) in [6.07, 6.45) is 11.9. The maximum Gasteiger partial charge on any atom is 0.253 e. The Balaban J connectivity index is 1.91. The molecule has 0 aliphatic heterocycles. The van der Waals surface area contributed by atoms with Crippen molar-refractivity contribution in [2.75, 3.05) is 6.26 Å². The van der Waals surface area contributed by atoms with E-state index in [-0.39, 0.29) is 5.56 Å². The lowest BCUT2D eigenvalue weighted by Crippen LogP contribution is -2.18. The predicted octanol–water partition coefficient (Wildman–Crippen LogP) is 4.23. The molecule has 1 fully saturated rings. The van der Waals surface area contributed by atoms with E-state index < -0.39 is 0 Å². The highest BCUT2D eigenvalue weighted by molar-refractivity contribution is 7.98. The van der Waals surface area contributed by atoms with Crippen LogP contribution < -0.4 is 5.56 Å². The molecule has 1 aliphatic carbocycles. The lowest BCUT2D eigenvalue weighted by molar-refractivity contribution is 0.614. The first kappa shape index (κ1) is 16.5. The molecule has 0 unspecified atom stereocenters. The van der Waals surface area contributed by atoms with Crippen molar-refractivity contribution in [2.24, 2.45) is 13.0 Å². The highest BCUT2D eigenvalue weighted by atomic mass is 32.2. The number of fused-ring (bicyclic) bond motifs is 1. The summed E-state index contributed by atoms with van der Waals surface area (Å²) >= 11 is 1.73. The molecule has 0 N–H and O–H groups in total. The molecule has 3 aromatic rings. The van der Waals surface area contributed by atoms with E-state index in [9.17, 15) is 4.79 Å². The molecule has 0 amide bonds. The third-order valence-corrected chi connectivity index (χ3v) is 5.89. The number of aromatic nitrogens is 3. The highest BCUT2D eigenvalue weighted by Crippen LogP contribution is 2.36. The zero-order valence-corrected chi connectivity index (χ0v) is 15.8. The lowest BCUT2D eigenvalue weighted by atomic mass is 10.1. The van der Waals surface area contributed by atoms with Gasteiger partial charge in [0.15, 0.2) is 0 Å². The van der Waals surface area contributed by atoms with Gasteiger partial charge in [-0.05, 0) is 37.7 Å². The van der Waals surface area contributed by atoms with Crippen LogP contribution in [-0.2, 0) is 13.6 Å². The minimum absolute atomic E-state index is 0.0656. The van der Waals surface area contributed by atoms with Crippen molar-refractivity contribution >= 4 is 22.7 Å². The standard InChI is InChI=1S/C20H23N3OS/c1-13-8-15(12-22(2)20(13)24)17-9-16-18(10-21-11-19(16)25-3)23(17)7-6-14-4-5-14/h8-12,14H,4-7H2,1-3H3. The van der Waals surface area contributed by atoms with Gasteiger partial charge in [0, 0.05) is 47.4 Å². The predicted molar refractivity (Wildman–Crippen MR) is 104 cm³/mol. The zero-order chi connectivity index (χ0) is 17.6. The first-order valence-electron chi connectivity index (χ1n) is 8.77. The van der Waals surface area contributed by atoms with Crippen molar-refractivity contribution < 1.29 is 0 Å². The van der Waals surface area contributed by atoms with Crippen LogP contribution in [0, 0.1) is 12.8 Å². The molecule has 0 saturated heterocycles. The van der Waals surface area contributed by atoms with Gasteiger partial charge in [0.05, 0.1) is 17.4 Å². The first-order chi connectivity index (χ1) is 12.1. The average Bonchev–Trinajstić information content (AvgIpc) is 3.36. The van der Waals surface area contributed by atoms with Crippen molar-refractivity contribution in [2.45, 2.75) is 37.6 Å². The maximum atomic E-state index is 12.1. The fourth-order valence-electron chi connectivity index (χ4n) is 3.52. The minimum Gasteiger partial charge on any atom is -0.339 e. The molecule has 1 aliphatic rings. The average molecular weight is 353 g/mol. The van der Waals surface area contributed by atoms with E-state index in [1.165, 1.54) is 40.8 Å². The Bertz CT molecular complexity index is 972. The molecule has 0 atom stereocenters. The van der Waals surface area contributed by atoms with Crippen LogP contribution in [0.1, 0.15) is 24.8 Å². The Morgan fingerprint density at radius 1 is 1.28 bits per heavy atom. The molecule has 3 aromatic heterocycles. The summed E-state index contributed by atoms with van der Waals surface area (Å²) in [6, 6.07) is 4.27. The van der Waals surface area contributed by atoms with E-state index in [2.05, 4.69) is 21.9 Å². The molecule has 3 heterocycles. The maximum absolute atomic E-state index is 12.1. The Kier molecular flexibility index (Phi) is 4.20. The van der Waals surface area contributed by atoms with Crippen molar-refractivity contribution in [3.8, 4) is 11.3 Å². The Hall–Kier alpha value is -2.01. The third-order valence-electron chi connectivity index (χ3n) is 5.13. The number of pyridine rings is 2. The summed E-state index contributed by atoms with van der Waals surface area (Å²) in [7, 11) is 1.82. The van der Waals surface area contributed by atoms with Crippen LogP contribution >= 0.6 is 11.8 Å². The van der Waals surface area contributed by atoms with Crippen LogP contribution in [-0.4, -0.2) is 20.4 Å². The molecule has 0 radical (unpaired) electrons. The summed E-state index contributed by atoms with van der Waals surface area (Å²) in [4.78, 5) is 17.7. The number of aryl methyl sites for hydroxylation is 3. The highest BCUT2D eigenvalue weighted by Gasteiger charge is 2.22. The SMILES string of the molecule is CSc1cncc2c1cc(-c1cc(C)c(=O)n(C)c1)n2CCC1CC1. The molecule has 0 bridgehead atoms. The second-order valence-electron chi connectivity index (χ2n) is 7.02. The van der Waals surface area contributed by atoms with Crippen molar-refractivity contribution in [1.29, 1.82) is 0 Å². The van der Waals surface area contributed by atoms with E-state index in [0.29, 0.717) is 0 Å². The smallest absolute Gasteiger partial charge is 0.253 e. The normalized spacial score (nSPS) is 14.4.